The van der Waals surface area contributed by atoms with Gasteiger partial charge in [-0.2, -0.15) is 0 Å². The normalized spacial score (nSPS) is 18.2. The number of piperazine rings is 1. The summed E-state index contributed by atoms with van der Waals surface area (Å²) in [5.41, 5.74) is 2.04. The predicted octanol–water partition coefficient (Wildman–Crippen LogP) is 1.43. The number of amides is 1. The summed E-state index contributed by atoms with van der Waals surface area (Å²) in [6, 6.07) is 14.5. The Morgan fingerprint density at radius 2 is 1.92 bits per heavy atom. The van der Waals surface area contributed by atoms with Gasteiger partial charge in [-0.3, -0.25) is 4.79 Å². The van der Waals surface area contributed by atoms with Crippen LogP contribution in [0.5, 0.6) is 0 Å². The van der Waals surface area contributed by atoms with Gasteiger partial charge in [-0.15, -0.1) is 0 Å². The number of nitrogens with two attached hydrogens (primary N) is 1. The minimum atomic E-state index is -3.96. The second kappa shape index (κ2) is 6.95. The van der Waals surface area contributed by atoms with E-state index in [0.29, 0.717) is 19.6 Å². The third-order valence-electron chi connectivity index (χ3n) is 4.34. The quantitative estimate of drug-likeness (QED) is 0.867. The van der Waals surface area contributed by atoms with Crippen molar-refractivity contribution in [3.05, 3.63) is 65.2 Å². The molecule has 1 heterocycles. The predicted molar refractivity (Wildman–Crippen MR) is 95.6 cm³/mol. The smallest absolute Gasteiger partial charge is 0.255 e. The minimum Gasteiger partial charge on any atom is -0.335 e. The molecular weight excluding hydrogens is 338 g/mol. The van der Waals surface area contributed by atoms with Gasteiger partial charge in [-0.25, -0.2) is 13.6 Å². The lowest BCUT2D eigenvalue weighted by Gasteiger charge is -2.34. The maximum atomic E-state index is 13.0. The number of carbonyl (C=O) groups excluding carboxylic acids is 1. The Balaban J connectivity index is 1.90. The van der Waals surface area contributed by atoms with Crippen molar-refractivity contribution in [2.24, 2.45) is 5.14 Å². The summed E-state index contributed by atoms with van der Waals surface area (Å²) in [6.07, 6.45) is 0. The molecule has 0 aromatic heterocycles. The number of benzene rings is 2. The number of sulfonamides is 1. The summed E-state index contributed by atoms with van der Waals surface area (Å²) in [7, 11) is -3.96. The highest BCUT2D eigenvalue weighted by Crippen LogP contribution is 2.22. The van der Waals surface area contributed by atoms with Crippen LogP contribution >= 0.6 is 0 Å². The zero-order chi connectivity index (χ0) is 18.0. The maximum absolute atomic E-state index is 13.0. The average Bonchev–Trinajstić information content (AvgIpc) is 2.61. The molecule has 1 aliphatic heterocycles. The van der Waals surface area contributed by atoms with Crippen molar-refractivity contribution >= 4 is 15.9 Å². The fraction of sp³-hybridized carbons (Fsp3) is 0.278. The lowest BCUT2D eigenvalue weighted by atomic mass is 10.0. The molecule has 0 saturated carbocycles. The molecule has 2 aromatic rings. The monoisotopic (exact) mass is 359 g/mol. The Labute approximate surface area is 147 Å². The number of nitrogens with zero attached hydrogens (tertiary/aromatic N) is 1. The summed E-state index contributed by atoms with van der Waals surface area (Å²) >= 11 is 0. The Kier molecular flexibility index (Phi) is 4.89. The Hall–Kier alpha value is -2.22. The Bertz CT molecular complexity index is 882. The van der Waals surface area contributed by atoms with Crippen LogP contribution in [0, 0.1) is 6.92 Å². The van der Waals surface area contributed by atoms with Crippen molar-refractivity contribution in [1.29, 1.82) is 0 Å². The first kappa shape index (κ1) is 17.6. The van der Waals surface area contributed by atoms with Crippen LogP contribution in [-0.4, -0.2) is 38.9 Å². The topological polar surface area (TPSA) is 92.5 Å². The molecule has 1 amide bonds. The van der Waals surface area contributed by atoms with Crippen molar-refractivity contribution in [3.63, 3.8) is 0 Å². The lowest BCUT2D eigenvalue weighted by Crippen LogP contribution is -2.48. The van der Waals surface area contributed by atoms with Crippen LogP contribution in [0.3, 0.4) is 0 Å². The van der Waals surface area contributed by atoms with E-state index in [1.807, 2.05) is 37.3 Å². The van der Waals surface area contributed by atoms with Crippen LogP contribution in [0.15, 0.2) is 53.4 Å². The van der Waals surface area contributed by atoms with E-state index in [1.54, 1.807) is 17.0 Å². The summed E-state index contributed by atoms with van der Waals surface area (Å²) < 4.78 is 23.7. The van der Waals surface area contributed by atoms with E-state index in [1.165, 1.54) is 6.07 Å². The third-order valence-corrected chi connectivity index (χ3v) is 5.31. The van der Waals surface area contributed by atoms with E-state index in [2.05, 4.69) is 5.32 Å². The van der Waals surface area contributed by atoms with Crippen molar-refractivity contribution in [1.82, 2.24) is 10.2 Å². The number of carbonyl (C=O) groups is 1. The highest BCUT2D eigenvalue weighted by atomic mass is 32.2. The molecule has 6 nitrogen and oxygen atoms in total. The molecule has 0 radical (unpaired) electrons. The average molecular weight is 359 g/mol. The SMILES string of the molecule is Cc1ccc(S(N)(=O)=O)c(C(=O)N2CCNC(c3ccccc3)C2)c1. The number of hydrogen-bond acceptors (Lipinski definition) is 4. The first-order valence-electron chi connectivity index (χ1n) is 8.07. The third kappa shape index (κ3) is 3.89. The zero-order valence-corrected chi connectivity index (χ0v) is 14.8. The van der Waals surface area contributed by atoms with Gasteiger partial charge >= 0.3 is 0 Å². The molecule has 0 spiro atoms. The molecule has 1 atom stereocenters. The highest BCUT2D eigenvalue weighted by Gasteiger charge is 2.28. The number of nitrogens with one attached hydrogen (secondary N) is 1. The van der Waals surface area contributed by atoms with Crippen LogP contribution < -0.4 is 10.5 Å². The molecule has 1 unspecified atom stereocenters. The molecule has 0 bridgehead atoms. The van der Waals surface area contributed by atoms with Crippen molar-refractivity contribution < 1.29 is 13.2 Å². The molecular formula is C18H21N3O3S. The number of aryl methyl sites for hydroxylation is 1. The molecule has 7 heteroatoms. The van der Waals surface area contributed by atoms with Crippen molar-refractivity contribution in [3.8, 4) is 0 Å². The van der Waals surface area contributed by atoms with Gasteiger partial charge in [0.25, 0.3) is 5.91 Å². The first-order chi connectivity index (χ1) is 11.9. The standard InChI is InChI=1S/C18H21N3O3S/c1-13-7-8-17(25(19,23)24)15(11-13)18(22)21-10-9-20-16(12-21)14-5-3-2-4-6-14/h2-8,11,16,20H,9-10,12H2,1H3,(H2,19,23,24). The van der Waals surface area contributed by atoms with Crippen LogP contribution in [0.25, 0.3) is 0 Å². The Morgan fingerprint density at radius 3 is 2.60 bits per heavy atom. The number of hydrogen-bond donors (Lipinski definition) is 2. The molecule has 1 fully saturated rings. The Morgan fingerprint density at radius 1 is 1.20 bits per heavy atom. The minimum absolute atomic E-state index is 0.0154. The fourth-order valence-corrected chi connectivity index (χ4v) is 3.78. The van der Waals surface area contributed by atoms with E-state index in [-0.39, 0.29) is 22.4 Å². The molecule has 3 rings (SSSR count). The maximum Gasteiger partial charge on any atom is 0.255 e. The molecule has 132 valence electrons. The van der Waals surface area contributed by atoms with E-state index in [4.69, 9.17) is 5.14 Å². The molecule has 2 aromatic carbocycles. The van der Waals surface area contributed by atoms with E-state index < -0.39 is 10.0 Å². The van der Waals surface area contributed by atoms with Gasteiger partial charge in [0.15, 0.2) is 0 Å². The number of rotatable bonds is 3. The van der Waals surface area contributed by atoms with Gasteiger partial charge in [0, 0.05) is 25.7 Å². The summed E-state index contributed by atoms with van der Waals surface area (Å²) in [5, 5.41) is 8.67. The summed E-state index contributed by atoms with van der Waals surface area (Å²) in [6.45, 7) is 3.44. The second-order valence-electron chi connectivity index (χ2n) is 6.21. The molecule has 1 aliphatic rings. The van der Waals surface area contributed by atoms with E-state index in [9.17, 15) is 13.2 Å². The zero-order valence-electron chi connectivity index (χ0n) is 14.0. The fourth-order valence-electron chi connectivity index (χ4n) is 3.07. The van der Waals surface area contributed by atoms with E-state index >= 15 is 0 Å². The molecule has 1 saturated heterocycles. The largest absolute Gasteiger partial charge is 0.335 e. The molecule has 3 N–H and O–H groups in total. The van der Waals surface area contributed by atoms with Crippen LogP contribution in [-0.2, 0) is 10.0 Å². The van der Waals surface area contributed by atoms with Gasteiger partial charge < -0.3 is 10.2 Å². The van der Waals surface area contributed by atoms with Crippen molar-refractivity contribution in [2.75, 3.05) is 19.6 Å². The summed E-state index contributed by atoms with van der Waals surface area (Å²) in [4.78, 5) is 14.5. The van der Waals surface area contributed by atoms with Gasteiger partial charge in [-0.05, 0) is 24.6 Å². The van der Waals surface area contributed by atoms with Crippen LogP contribution in [0.2, 0.25) is 0 Å². The van der Waals surface area contributed by atoms with E-state index in [0.717, 1.165) is 11.1 Å². The first-order valence-corrected chi connectivity index (χ1v) is 9.62. The van der Waals surface area contributed by atoms with Crippen LogP contribution in [0.4, 0.5) is 0 Å². The van der Waals surface area contributed by atoms with Crippen molar-refractivity contribution in [2.45, 2.75) is 17.9 Å². The van der Waals surface area contributed by atoms with Gasteiger partial charge in [-0.1, -0.05) is 42.0 Å². The number of primary sulfonamides is 1. The van der Waals surface area contributed by atoms with Gasteiger partial charge in [0.05, 0.1) is 10.5 Å². The van der Waals surface area contributed by atoms with Crippen LogP contribution in [0.1, 0.15) is 27.5 Å². The molecule has 0 aliphatic carbocycles. The lowest BCUT2D eigenvalue weighted by molar-refractivity contribution is 0.0699. The van der Waals surface area contributed by atoms with Gasteiger partial charge in [0.1, 0.15) is 0 Å². The second-order valence-corrected chi connectivity index (χ2v) is 7.74. The highest BCUT2D eigenvalue weighted by molar-refractivity contribution is 7.89. The molecule has 25 heavy (non-hydrogen) atoms. The summed E-state index contributed by atoms with van der Waals surface area (Å²) in [5.74, 6) is -0.310. The van der Waals surface area contributed by atoms with Gasteiger partial charge in [0.2, 0.25) is 10.0 Å².